The number of aromatic amines is 1. The molecule has 1 amide bonds. The maximum Gasteiger partial charge on any atom is 0.330 e. The zero-order chi connectivity index (χ0) is 17.4. The third-order valence-corrected chi connectivity index (χ3v) is 3.71. The first kappa shape index (κ1) is 16.7. The second-order valence-corrected chi connectivity index (χ2v) is 5.91. The van der Waals surface area contributed by atoms with Crippen molar-refractivity contribution >= 4 is 11.9 Å². The number of rotatable bonds is 4. The van der Waals surface area contributed by atoms with Crippen molar-refractivity contribution in [3.05, 3.63) is 23.1 Å². The SMILES string of the molecule is COC(=O)C(C)(C)NC(=O)c1cc(-c2c(C)nn(C)c2C)n[nH]1. The highest BCUT2D eigenvalue weighted by Gasteiger charge is 2.31. The average Bonchev–Trinajstić information content (AvgIpc) is 3.03. The summed E-state index contributed by atoms with van der Waals surface area (Å²) in [6.07, 6.45) is 0. The van der Waals surface area contributed by atoms with E-state index in [0.29, 0.717) is 5.69 Å². The first-order chi connectivity index (χ1) is 10.7. The topological polar surface area (TPSA) is 102 Å². The molecule has 124 valence electrons. The van der Waals surface area contributed by atoms with Crippen LogP contribution in [0, 0.1) is 13.8 Å². The Kier molecular flexibility index (Phi) is 4.26. The van der Waals surface area contributed by atoms with E-state index >= 15 is 0 Å². The monoisotopic (exact) mass is 319 g/mol. The van der Waals surface area contributed by atoms with Crippen molar-refractivity contribution in [1.29, 1.82) is 0 Å². The van der Waals surface area contributed by atoms with E-state index in [1.54, 1.807) is 24.6 Å². The molecule has 2 rings (SSSR count). The summed E-state index contributed by atoms with van der Waals surface area (Å²) >= 11 is 0. The van der Waals surface area contributed by atoms with E-state index in [2.05, 4.69) is 25.3 Å². The molecule has 23 heavy (non-hydrogen) atoms. The third-order valence-electron chi connectivity index (χ3n) is 3.71. The van der Waals surface area contributed by atoms with E-state index < -0.39 is 17.4 Å². The van der Waals surface area contributed by atoms with E-state index in [1.807, 2.05) is 20.9 Å². The Bertz CT molecular complexity index is 757. The average molecular weight is 319 g/mol. The minimum Gasteiger partial charge on any atom is -0.467 e. The first-order valence-electron chi connectivity index (χ1n) is 7.14. The standard InChI is InChI=1S/C15H21N5O3/c1-8-12(9(2)20(5)19-8)10-7-11(18-17-10)13(21)16-15(3,4)14(22)23-6/h7H,1-6H3,(H,16,21)(H,17,18). The quantitative estimate of drug-likeness (QED) is 0.822. The van der Waals surface area contributed by atoms with E-state index in [1.165, 1.54) is 7.11 Å². The summed E-state index contributed by atoms with van der Waals surface area (Å²) < 4.78 is 6.43. The number of H-pyrrole nitrogens is 1. The van der Waals surface area contributed by atoms with Crippen LogP contribution in [0.25, 0.3) is 11.3 Å². The Labute approximate surface area is 134 Å². The Balaban J connectivity index is 2.26. The fourth-order valence-corrected chi connectivity index (χ4v) is 2.37. The maximum absolute atomic E-state index is 12.3. The summed E-state index contributed by atoms with van der Waals surface area (Å²) in [5.74, 6) is -0.956. The van der Waals surface area contributed by atoms with Crippen molar-refractivity contribution in [2.75, 3.05) is 7.11 Å². The number of hydrogen-bond donors (Lipinski definition) is 2. The predicted octanol–water partition coefficient (Wildman–Crippen LogP) is 1.11. The second-order valence-electron chi connectivity index (χ2n) is 5.91. The molecule has 0 radical (unpaired) electrons. The van der Waals surface area contributed by atoms with Crippen molar-refractivity contribution in [3.63, 3.8) is 0 Å². The lowest BCUT2D eigenvalue weighted by atomic mass is 10.1. The minimum atomic E-state index is -1.13. The first-order valence-corrected chi connectivity index (χ1v) is 7.14. The van der Waals surface area contributed by atoms with Crippen LogP contribution in [0.1, 0.15) is 35.7 Å². The molecular weight excluding hydrogens is 298 g/mol. The molecule has 8 heteroatoms. The molecule has 0 atom stereocenters. The number of aryl methyl sites for hydroxylation is 2. The van der Waals surface area contributed by atoms with Crippen LogP contribution >= 0.6 is 0 Å². The molecule has 0 unspecified atom stereocenters. The van der Waals surface area contributed by atoms with Gasteiger partial charge in [0.05, 0.1) is 18.5 Å². The van der Waals surface area contributed by atoms with Crippen molar-refractivity contribution in [3.8, 4) is 11.3 Å². The molecule has 0 saturated carbocycles. The van der Waals surface area contributed by atoms with Crippen LogP contribution < -0.4 is 5.32 Å². The molecule has 0 bridgehead atoms. The molecule has 0 saturated heterocycles. The van der Waals surface area contributed by atoms with Gasteiger partial charge in [-0.3, -0.25) is 14.6 Å². The Morgan fingerprint density at radius 2 is 2.00 bits per heavy atom. The van der Waals surface area contributed by atoms with Crippen molar-refractivity contribution in [2.24, 2.45) is 7.05 Å². The van der Waals surface area contributed by atoms with E-state index in [4.69, 9.17) is 0 Å². The molecule has 0 aromatic carbocycles. The van der Waals surface area contributed by atoms with Gasteiger partial charge < -0.3 is 10.1 Å². The number of carbonyl (C=O) groups is 2. The molecule has 2 aromatic rings. The Hall–Kier alpha value is -2.64. The summed E-state index contributed by atoms with van der Waals surface area (Å²) in [4.78, 5) is 23.9. The molecule has 0 aliphatic carbocycles. The zero-order valence-corrected chi connectivity index (χ0v) is 14.1. The number of nitrogens with one attached hydrogen (secondary N) is 2. The number of ether oxygens (including phenoxy) is 1. The number of aromatic nitrogens is 4. The molecule has 2 aromatic heterocycles. The van der Waals surface area contributed by atoms with Gasteiger partial charge in [0.1, 0.15) is 11.2 Å². The fraction of sp³-hybridized carbons (Fsp3) is 0.467. The van der Waals surface area contributed by atoms with Gasteiger partial charge in [0.15, 0.2) is 0 Å². The highest BCUT2D eigenvalue weighted by Crippen LogP contribution is 2.25. The molecule has 0 aliphatic rings. The van der Waals surface area contributed by atoms with Gasteiger partial charge in [0.2, 0.25) is 0 Å². The Morgan fingerprint density at radius 1 is 1.35 bits per heavy atom. The van der Waals surface area contributed by atoms with E-state index in [9.17, 15) is 9.59 Å². The molecule has 8 nitrogen and oxygen atoms in total. The normalized spacial score (nSPS) is 11.4. The largest absolute Gasteiger partial charge is 0.467 e. The zero-order valence-electron chi connectivity index (χ0n) is 14.1. The molecule has 0 spiro atoms. The molecule has 2 heterocycles. The van der Waals surface area contributed by atoms with Gasteiger partial charge in [-0.15, -0.1) is 0 Å². The maximum atomic E-state index is 12.3. The van der Waals surface area contributed by atoms with Crippen LogP contribution in [-0.4, -0.2) is 44.5 Å². The van der Waals surface area contributed by atoms with Gasteiger partial charge >= 0.3 is 5.97 Å². The van der Waals surface area contributed by atoms with Crippen molar-refractivity contribution in [1.82, 2.24) is 25.3 Å². The number of esters is 1. The van der Waals surface area contributed by atoms with Gasteiger partial charge in [0.25, 0.3) is 5.91 Å². The van der Waals surface area contributed by atoms with Crippen LogP contribution in [-0.2, 0) is 16.6 Å². The lowest BCUT2D eigenvalue weighted by molar-refractivity contribution is -0.146. The number of hydrogen-bond acceptors (Lipinski definition) is 5. The van der Waals surface area contributed by atoms with Crippen LogP contribution in [0.2, 0.25) is 0 Å². The molecule has 0 aliphatic heterocycles. The molecule has 0 fully saturated rings. The van der Waals surface area contributed by atoms with Crippen LogP contribution in [0.5, 0.6) is 0 Å². The summed E-state index contributed by atoms with van der Waals surface area (Å²) in [6, 6.07) is 1.64. The summed E-state index contributed by atoms with van der Waals surface area (Å²) in [5.41, 5.74) is 2.44. The summed E-state index contributed by atoms with van der Waals surface area (Å²) in [6.45, 7) is 6.97. The highest BCUT2D eigenvalue weighted by atomic mass is 16.5. The summed E-state index contributed by atoms with van der Waals surface area (Å²) in [7, 11) is 3.13. The minimum absolute atomic E-state index is 0.264. The van der Waals surface area contributed by atoms with Crippen LogP contribution in [0.15, 0.2) is 6.07 Å². The second kappa shape index (κ2) is 5.86. The van der Waals surface area contributed by atoms with Gasteiger partial charge in [-0.2, -0.15) is 10.2 Å². The fourth-order valence-electron chi connectivity index (χ4n) is 2.37. The number of amides is 1. The lowest BCUT2D eigenvalue weighted by Crippen LogP contribution is -2.50. The smallest absolute Gasteiger partial charge is 0.330 e. The van der Waals surface area contributed by atoms with E-state index in [-0.39, 0.29) is 5.69 Å². The number of nitrogens with zero attached hydrogens (tertiary/aromatic N) is 3. The van der Waals surface area contributed by atoms with Gasteiger partial charge in [0, 0.05) is 18.3 Å². The van der Waals surface area contributed by atoms with Crippen LogP contribution in [0.3, 0.4) is 0 Å². The summed E-state index contributed by atoms with van der Waals surface area (Å²) in [5, 5.41) is 13.8. The molecule has 2 N–H and O–H groups in total. The van der Waals surface area contributed by atoms with Crippen LogP contribution in [0.4, 0.5) is 0 Å². The Morgan fingerprint density at radius 3 is 2.52 bits per heavy atom. The third kappa shape index (κ3) is 3.10. The lowest BCUT2D eigenvalue weighted by Gasteiger charge is -2.22. The number of methoxy groups -OCH3 is 1. The van der Waals surface area contributed by atoms with Gasteiger partial charge in [-0.05, 0) is 33.8 Å². The highest BCUT2D eigenvalue weighted by molar-refractivity contribution is 5.97. The van der Waals surface area contributed by atoms with E-state index in [0.717, 1.165) is 17.0 Å². The van der Waals surface area contributed by atoms with Crippen molar-refractivity contribution in [2.45, 2.75) is 33.2 Å². The van der Waals surface area contributed by atoms with Gasteiger partial charge in [-0.1, -0.05) is 0 Å². The molecular formula is C15H21N5O3. The van der Waals surface area contributed by atoms with Gasteiger partial charge in [-0.25, -0.2) is 4.79 Å². The predicted molar refractivity (Wildman–Crippen MR) is 83.8 cm³/mol. The number of carbonyl (C=O) groups excluding carboxylic acids is 2. The van der Waals surface area contributed by atoms with Crippen molar-refractivity contribution < 1.29 is 14.3 Å².